The fourth-order valence-electron chi connectivity index (χ4n) is 2.37. The first-order chi connectivity index (χ1) is 11.9. The van der Waals surface area contributed by atoms with Crippen molar-refractivity contribution in [3.63, 3.8) is 0 Å². The zero-order valence-electron chi connectivity index (χ0n) is 13.2. The Labute approximate surface area is 159 Å². The Balaban J connectivity index is 1.96. The van der Waals surface area contributed by atoms with Gasteiger partial charge in [0.15, 0.2) is 17.2 Å². The van der Waals surface area contributed by atoms with E-state index >= 15 is 0 Å². The minimum absolute atomic E-state index is 0.0681. The molecule has 1 aliphatic heterocycles. The van der Waals surface area contributed by atoms with E-state index in [4.69, 9.17) is 25.8 Å². The zero-order valence-corrected chi connectivity index (χ0v) is 16.4. The van der Waals surface area contributed by atoms with Gasteiger partial charge < -0.3 is 14.2 Å². The summed E-state index contributed by atoms with van der Waals surface area (Å²) < 4.78 is 44.8. The summed E-state index contributed by atoms with van der Waals surface area (Å²) in [4.78, 5) is -0.0681. The third kappa shape index (κ3) is 3.96. The molecule has 0 fully saturated rings. The average molecular weight is 449 g/mol. The molecule has 9 heteroatoms. The van der Waals surface area contributed by atoms with Gasteiger partial charge in [-0.05, 0) is 40.2 Å². The predicted octanol–water partition coefficient (Wildman–Crippen LogP) is 4.07. The van der Waals surface area contributed by atoms with Crippen LogP contribution in [0, 0.1) is 0 Å². The van der Waals surface area contributed by atoms with Crippen molar-refractivity contribution in [2.75, 3.05) is 25.0 Å². The molecule has 0 spiro atoms. The molecule has 6 nitrogen and oxygen atoms in total. The number of benzene rings is 2. The lowest BCUT2D eigenvalue weighted by Crippen LogP contribution is -2.14. The van der Waals surface area contributed by atoms with E-state index in [9.17, 15) is 8.42 Å². The Kier molecular flexibility index (Phi) is 5.31. The summed E-state index contributed by atoms with van der Waals surface area (Å²) in [6, 6.07) is 7.76. The Morgan fingerprint density at radius 3 is 2.60 bits per heavy atom. The van der Waals surface area contributed by atoms with E-state index < -0.39 is 10.0 Å². The van der Waals surface area contributed by atoms with Gasteiger partial charge in [-0.3, -0.25) is 4.72 Å². The van der Waals surface area contributed by atoms with Crippen molar-refractivity contribution < 1.29 is 22.6 Å². The van der Waals surface area contributed by atoms with Crippen molar-refractivity contribution in [1.82, 2.24) is 0 Å². The van der Waals surface area contributed by atoms with Gasteiger partial charge in [0.05, 0.1) is 30.5 Å². The van der Waals surface area contributed by atoms with E-state index in [0.717, 1.165) is 6.42 Å². The molecule has 2 aromatic carbocycles. The summed E-state index contributed by atoms with van der Waals surface area (Å²) in [7, 11) is -2.53. The largest absolute Gasteiger partial charge is 0.494 e. The lowest BCUT2D eigenvalue weighted by atomic mass is 10.3. The quantitative estimate of drug-likeness (QED) is 0.763. The van der Waals surface area contributed by atoms with Gasteiger partial charge in [0.2, 0.25) is 0 Å². The highest BCUT2D eigenvalue weighted by Crippen LogP contribution is 2.37. The molecule has 0 aliphatic carbocycles. The summed E-state index contributed by atoms with van der Waals surface area (Å²) in [5.41, 5.74) is 0.349. The maximum Gasteiger partial charge on any atom is 0.265 e. The number of anilines is 1. The molecule has 0 amide bonds. The van der Waals surface area contributed by atoms with Gasteiger partial charge in [-0.15, -0.1) is 0 Å². The van der Waals surface area contributed by atoms with Crippen LogP contribution < -0.4 is 18.9 Å². The normalized spacial score (nSPS) is 13.9. The van der Waals surface area contributed by atoms with Crippen molar-refractivity contribution in [3.8, 4) is 17.2 Å². The lowest BCUT2D eigenvalue weighted by molar-refractivity contribution is 0.297. The van der Waals surface area contributed by atoms with Crippen LogP contribution in [0.15, 0.2) is 39.7 Å². The topological polar surface area (TPSA) is 73.9 Å². The first-order valence-corrected chi connectivity index (χ1v) is 10.0. The Hall–Kier alpha value is -1.64. The van der Waals surface area contributed by atoms with Gasteiger partial charge in [-0.25, -0.2) is 8.42 Å². The minimum atomic E-state index is -3.92. The monoisotopic (exact) mass is 447 g/mol. The van der Waals surface area contributed by atoms with Gasteiger partial charge >= 0.3 is 0 Å². The molecule has 0 aromatic heterocycles. The van der Waals surface area contributed by atoms with Crippen LogP contribution in [0.25, 0.3) is 0 Å². The number of halogens is 2. The third-order valence-corrected chi connectivity index (χ3v) is 5.66. The number of methoxy groups -OCH3 is 1. The average Bonchev–Trinajstić information content (AvgIpc) is 2.78. The zero-order chi connectivity index (χ0) is 18.0. The number of nitrogens with one attached hydrogen (secondary N) is 1. The van der Waals surface area contributed by atoms with E-state index in [2.05, 4.69) is 20.7 Å². The number of sulfonamides is 1. The van der Waals surface area contributed by atoms with Crippen LogP contribution in [0.3, 0.4) is 0 Å². The highest BCUT2D eigenvalue weighted by molar-refractivity contribution is 9.10. The van der Waals surface area contributed by atoms with Crippen LogP contribution in [0.1, 0.15) is 6.42 Å². The minimum Gasteiger partial charge on any atom is -0.494 e. The van der Waals surface area contributed by atoms with Crippen molar-refractivity contribution >= 4 is 43.2 Å². The summed E-state index contributed by atoms with van der Waals surface area (Å²) in [6.45, 7) is 1.07. The first kappa shape index (κ1) is 18.2. The maximum absolute atomic E-state index is 12.8. The Morgan fingerprint density at radius 1 is 1.16 bits per heavy atom. The number of hydrogen-bond acceptors (Lipinski definition) is 5. The lowest BCUT2D eigenvalue weighted by Gasteiger charge is -2.14. The number of rotatable bonds is 4. The second-order valence-electron chi connectivity index (χ2n) is 5.24. The Bertz CT molecular complexity index is 904. The van der Waals surface area contributed by atoms with E-state index in [1.165, 1.54) is 13.2 Å². The molecule has 1 N–H and O–H groups in total. The summed E-state index contributed by atoms with van der Waals surface area (Å²) in [5.74, 6) is 1.26. The molecular weight excluding hydrogens is 434 g/mol. The van der Waals surface area contributed by atoms with Gasteiger partial charge in [-0.2, -0.15) is 0 Å². The van der Waals surface area contributed by atoms with Crippen LogP contribution in [0.4, 0.5) is 5.69 Å². The molecular formula is C16H15BrClNO5S. The van der Waals surface area contributed by atoms with E-state index in [-0.39, 0.29) is 15.7 Å². The SMILES string of the molecule is COc1c(Br)cc(Cl)cc1S(=O)(=O)Nc1ccc2c(c1)OCCCO2. The Morgan fingerprint density at radius 2 is 1.88 bits per heavy atom. The molecule has 1 aliphatic rings. The van der Waals surface area contributed by atoms with Crippen molar-refractivity contribution in [2.45, 2.75) is 11.3 Å². The molecule has 25 heavy (non-hydrogen) atoms. The third-order valence-electron chi connectivity index (χ3n) is 3.47. The summed E-state index contributed by atoms with van der Waals surface area (Å²) >= 11 is 9.24. The number of fused-ring (bicyclic) bond motifs is 1. The molecule has 0 bridgehead atoms. The van der Waals surface area contributed by atoms with Crippen molar-refractivity contribution in [1.29, 1.82) is 0 Å². The van der Waals surface area contributed by atoms with Gasteiger partial charge in [0, 0.05) is 17.5 Å². The van der Waals surface area contributed by atoms with Gasteiger partial charge in [0.1, 0.15) is 4.90 Å². The van der Waals surface area contributed by atoms with Gasteiger partial charge in [-0.1, -0.05) is 11.6 Å². The smallest absolute Gasteiger partial charge is 0.265 e. The van der Waals surface area contributed by atoms with E-state index in [0.29, 0.717) is 34.9 Å². The van der Waals surface area contributed by atoms with Crippen LogP contribution in [0.5, 0.6) is 17.2 Å². The molecule has 0 atom stereocenters. The van der Waals surface area contributed by atoms with Crippen LogP contribution in [-0.2, 0) is 10.0 Å². The summed E-state index contributed by atoms with van der Waals surface area (Å²) in [6.07, 6.45) is 0.767. The number of hydrogen-bond donors (Lipinski definition) is 1. The summed E-state index contributed by atoms with van der Waals surface area (Å²) in [5, 5.41) is 0.270. The van der Waals surface area contributed by atoms with Crippen molar-refractivity contribution in [2.24, 2.45) is 0 Å². The number of ether oxygens (including phenoxy) is 3. The molecule has 3 rings (SSSR count). The molecule has 1 heterocycles. The fraction of sp³-hybridized carbons (Fsp3) is 0.250. The fourth-order valence-corrected chi connectivity index (χ4v) is 4.81. The van der Waals surface area contributed by atoms with Crippen LogP contribution in [-0.4, -0.2) is 28.7 Å². The van der Waals surface area contributed by atoms with Gasteiger partial charge in [0.25, 0.3) is 10.0 Å². The standard InChI is InChI=1S/C16H15BrClNO5S/c1-22-16-12(17)7-10(18)8-15(16)25(20,21)19-11-3-4-13-14(9-11)24-6-2-5-23-13/h3-4,7-9,19H,2,5-6H2,1H3. The van der Waals surface area contributed by atoms with Crippen LogP contribution >= 0.6 is 27.5 Å². The molecule has 134 valence electrons. The van der Waals surface area contributed by atoms with Crippen LogP contribution in [0.2, 0.25) is 5.02 Å². The first-order valence-electron chi connectivity index (χ1n) is 7.36. The van der Waals surface area contributed by atoms with E-state index in [1.54, 1.807) is 24.3 Å². The second kappa shape index (κ2) is 7.31. The van der Waals surface area contributed by atoms with E-state index in [1.807, 2.05) is 0 Å². The van der Waals surface area contributed by atoms with Crippen molar-refractivity contribution in [3.05, 3.63) is 39.8 Å². The molecule has 0 unspecified atom stereocenters. The maximum atomic E-state index is 12.8. The predicted molar refractivity (Wildman–Crippen MR) is 98.6 cm³/mol. The highest BCUT2D eigenvalue weighted by Gasteiger charge is 2.23. The molecule has 0 saturated carbocycles. The molecule has 0 radical (unpaired) electrons. The highest BCUT2D eigenvalue weighted by atomic mass is 79.9. The second-order valence-corrected chi connectivity index (χ2v) is 8.18. The molecule has 2 aromatic rings. The molecule has 0 saturated heterocycles.